The van der Waals surface area contributed by atoms with Gasteiger partial charge in [-0.2, -0.15) is 0 Å². The van der Waals surface area contributed by atoms with Crippen LogP contribution in [0.3, 0.4) is 0 Å². The maximum atomic E-state index is 11.5. The quantitative estimate of drug-likeness (QED) is 0.578. The number of aliphatic hydroxyl groups excluding tert-OH is 1. The molecule has 0 saturated carbocycles. The number of hydrogen-bond acceptors (Lipinski definition) is 7. The highest BCUT2D eigenvalue weighted by molar-refractivity contribution is 5.72. The first-order chi connectivity index (χ1) is 15.5. The summed E-state index contributed by atoms with van der Waals surface area (Å²) >= 11 is 0. The third-order valence-corrected chi connectivity index (χ3v) is 5.29. The van der Waals surface area contributed by atoms with Crippen LogP contribution in [-0.2, 0) is 37.0 Å². The predicted molar refractivity (Wildman–Crippen MR) is 117 cm³/mol. The van der Waals surface area contributed by atoms with Crippen molar-refractivity contribution in [3.8, 4) is 5.75 Å². The van der Waals surface area contributed by atoms with Crippen LogP contribution in [0.15, 0.2) is 54.6 Å². The number of methoxy groups -OCH3 is 2. The number of ether oxygens (including phenoxy) is 5. The second kappa shape index (κ2) is 11.9. The lowest BCUT2D eigenvalue weighted by atomic mass is 9.97. The van der Waals surface area contributed by atoms with Gasteiger partial charge in [0, 0.05) is 20.6 Å². The molecular weight excluding hydrogens is 414 g/mol. The summed E-state index contributed by atoms with van der Waals surface area (Å²) in [6, 6.07) is 17.2. The van der Waals surface area contributed by atoms with Gasteiger partial charge < -0.3 is 34.1 Å². The number of carbonyl (C=O) groups is 1. The maximum Gasteiger partial charge on any atom is 0.216 e. The minimum absolute atomic E-state index is 0.190. The fourth-order valence-corrected chi connectivity index (χ4v) is 3.57. The number of amides is 1. The Balaban J connectivity index is 1.77. The summed E-state index contributed by atoms with van der Waals surface area (Å²) in [4.78, 5) is 11.5. The SMILES string of the molecule is COc1ccc(CO[C@H]2[C@H](OCc3ccccc3)[C@H](O)[C@H](OC)O[C@@H]2CNC(C)=O)cc1. The van der Waals surface area contributed by atoms with Gasteiger partial charge in [0.25, 0.3) is 0 Å². The zero-order valence-corrected chi connectivity index (χ0v) is 18.6. The second-order valence-electron chi connectivity index (χ2n) is 7.59. The Morgan fingerprint density at radius 3 is 2.19 bits per heavy atom. The Morgan fingerprint density at radius 2 is 1.59 bits per heavy atom. The summed E-state index contributed by atoms with van der Waals surface area (Å²) in [5, 5.41) is 13.6. The molecule has 3 rings (SSSR count). The van der Waals surface area contributed by atoms with E-state index in [2.05, 4.69) is 5.32 Å². The second-order valence-corrected chi connectivity index (χ2v) is 7.59. The molecule has 0 spiro atoms. The Hall–Kier alpha value is -2.49. The highest BCUT2D eigenvalue weighted by atomic mass is 16.7. The van der Waals surface area contributed by atoms with E-state index in [4.69, 9.17) is 23.7 Å². The number of nitrogens with one attached hydrogen (secondary N) is 1. The van der Waals surface area contributed by atoms with Crippen LogP contribution >= 0.6 is 0 Å². The van der Waals surface area contributed by atoms with Crippen LogP contribution in [0.4, 0.5) is 0 Å². The molecular formula is C24H31NO7. The van der Waals surface area contributed by atoms with Crippen molar-refractivity contribution >= 4 is 5.91 Å². The van der Waals surface area contributed by atoms with Crippen molar-refractivity contribution in [1.29, 1.82) is 0 Å². The van der Waals surface area contributed by atoms with Crippen LogP contribution in [0, 0.1) is 0 Å². The average Bonchev–Trinajstić information content (AvgIpc) is 2.82. The monoisotopic (exact) mass is 445 g/mol. The van der Waals surface area contributed by atoms with E-state index in [1.165, 1.54) is 14.0 Å². The number of benzene rings is 2. The van der Waals surface area contributed by atoms with Gasteiger partial charge in [-0.3, -0.25) is 4.79 Å². The summed E-state index contributed by atoms with van der Waals surface area (Å²) in [5.41, 5.74) is 1.89. The van der Waals surface area contributed by atoms with Crippen molar-refractivity contribution < 1.29 is 33.6 Å². The Labute approximate surface area is 188 Å². The molecule has 1 fully saturated rings. The van der Waals surface area contributed by atoms with Crippen molar-refractivity contribution in [2.45, 2.75) is 50.8 Å². The molecule has 1 heterocycles. The predicted octanol–water partition coefficient (Wildman–Crippen LogP) is 2.03. The molecule has 32 heavy (non-hydrogen) atoms. The number of carbonyl (C=O) groups excluding carboxylic acids is 1. The van der Waals surface area contributed by atoms with E-state index < -0.39 is 30.7 Å². The molecule has 0 radical (unpaired) electrons. The van der Waals surface area contributed by atoms with Crippen molar-refractivity contribution in [2.75, 3.05) is 20.8 Å². The normalized spacial score (nSPS) is 25.3. The summed E-state index contributed by atoms with van der Waals surface area (Å²) in [5.74, 6) is 0.560. The van der Waals surface area contributed by atoms with Gasteiger partial charge >= 0.3 is 0 Å². The molecule has 0 aromatic heterocycles. The largest absolute Gasteiger partial charge is 0.497 e. The fraction of sp³-hybridized carbons (Fsp3) is 0.458. The summed E-state index contributed by atoms with van der Waals surface area (Å²) < 4.78 is 28.7. The molecule has 0 bridgehead atoms. The van der Waals surface area contributed by atoms with Gasteiger partial charge in [0.15, 0.2) is 6.29 Å². The van der Waals surface area contributed by atoms with Gasteiger partial charge in [0.05, 0.1) is 20.3 Å². The van der Waals surface area contributed by atoms with Gasteiger partial charge in [-0.1, -0.05) is 42.5 Å². The topological polar surface area (TPSA) is 95.5 Å². The van der Waals surface area contributed by atoms with Crippen molar-refractivity contribution in [3.63, 3.8) is 0 Å². The molecule has 8 nitrogen and oxygen atoms in total. The smallest absolute Gasteiger partial charge is 0.216 e. The fourth-order valence-electron chi connectivity index (χ4n) is 3.57. The number of aliphatic hydroxyl groups is 1. The number of rotatable bonds is 10. The molecule has 1 amide bonds. The molecule has 0 aliphatic carbocycles. The van der Waals surface area contributed by atoms with Crippen molar-refractivity contribution in [1.82, 2.24) is 5.32 Å². The molecule has 1 aliphatic rings. The third kappa shape index (κ3) is 6.51. The van der Waals surface area contributed by atoms with Crippen molar-refractivity contribution in [2.24, 2.45) is 0 Å². The lowest BCUT2D eigenvalue weighted by Crippen LogP contribution is -2.62. The standard InChI is InChI=1S/C24H31NO7/c1-16(26)25-13-20-22(30-15-18-9-11-19(28-2)12-10-18)23(21(27)24(29-3)32-20)31-14-17-7-5-4-6-8-17/h4-12,20-24,27H,13-15H2,1-3H3,(H,25,26)/t20-,21+,22-,23-,24-/m1/s1. The van der Waals surface area contributed by atoms with E-state index in [0.717, 1.165) is 16.9 Å². The molecule has 1 saturated heterocycles. The lowest BCUT2D eigenvalue weighted by Gasteiger charge is -2.44. The molecule has 8 heteroatoms. The van der Waals surface area contributed by atoms with Crippen LogP contribution < -0.4 is 10.1 Å². The van der Waals surface area contributed by atoms with Crippen LogP contribution in [0.1, 0.15) is 18.1 Å². The van der Waals surface area contributed by atoms with Gasteiger partial charge in [-0.25, -0.2) is 0 Å². The highest BCUT2D eigenvalue weighted by Crippen LogP contribution is 2.28. The van der Waals surface area contributed by atoms with Crippen LogP contribution in [0.5, 0.6) is 5.75 Å². The lowest BCUT2D eigenvalue weighted by molar-refractivity contribution is -0.305. The Bertz CT molecular complexity index is 830. The summed E-state index contributed by atoms with van der Waals surface area (Å²) in [6.45, 7) is 2.18. The minimum atomic E-state index is -1.07. The van der Waals surface area contributed by atoms with E-state index in [1.807, 2.05) is 54.6 Å². The zero-order valence-electron chi connectivity index (χ0n) is 18.6. The van der Waals surface area contributed by atoms with Gasteiger partial charge in [0.1, 0.15) is 30.2 Å². The van der Waals surface area contributed by atoms with Crippen LogP contribution in [0.2, 0.25) is 0 Å². The number of hydrogen-bond donors (Lipinski definition) is 2. The zero-order chi connectivity index (χ0) is 22.9. The van der Waals surface area contributed by atoms with E-state index in [-0.39, 0.29) is 25.7 Å². The van der Waals surface area contributed by atoms with E-state index in [0.29, 0.717) is 0 Å². The summed E-state index contributed by atoms with van der Waals surface area (Å²) in [6.07, 6.45) is -3.93. The van der Waals surface area contributed by atoms with Crippen LogP contribution in [-0.4, -0.2) is 62.5 Å². The first-order valence-electron chi connectivity index (χ1n) is 10.5. The Morgan fingerprint density at radius 1 is 0.969 bits per heavy atom. The van der Waals surface area contributed by atoms with Gasteiger partial charge in [-0.05, 0) is 23.3 Å². The molecule has 1 aliphatic heterocycles. The van der Waals surface area contributed by atoms with E-state index in [9.17, 15) is 9.90 Å². The van der Waals surface area contributed by atoms with Gasteiger partial charge in [-0.15, -0.1) is 0 Å². The van der Waals surface area contributed by atoms with Gasteiger partial charge in [0.2, 0.25) is 5.91 Å². The van der Waals surface area contributed by atoms with Crippen molar-refractivity contribution in [3.05, 3.63) is 65.7 Å². The first-order valence-corrected chi connectivity index (χ1v) is 10.5. The molecule has 2 aromatic carbocycles. The molecule has 0 unspecified atom stereocenters. The molecule has 5 atom stereocenters. The highest BCUT2D eigenvalue weighted by Gasteiger charge is 2.47. The Kier molecular flexibility index (Phi) is 9.01. The molecule has 174 valence electrons. The summed E-state index contributed by atoms with van der Waals surface area (Å²) in [7, 11) is 3.07. The molecule has 2 N–H and O–H groups in total. The molecule has 2 aromatic rings. The van der Waals surface area contributed by atoms with Crippen LogP contribution in [0.25, 0.3) is 0 Å². The average molecular weight is 446 g/mol. The third-order valence-electron chi connectivity index (χ3n) is 5.29. The maximum absolute atomic E-state index is 11.5. The minimum Gasteiger partial charge on any atom is -0.497 e. The first kappa shape index (κ1) is 24.2. The van der Waals surface area contributed by atoms with E-state index in [1.54, 1.807) is 7.11 Å². The van der Waals surface area contributed by atoms with E-state index >= 15 is 0 Å².